The van der Waals surface area contributed by atoms with Gasteiger partial charge in [-0.05, 0) is 41.0 Å². The molecule has 4 aromatic rings. The van der Waals surface area contributed by atoms with Crippen molar-refractivity contribution >= 4 is 16.7 Å². The van der Waals surface area contributed by atoms with Gasteiger partial charge in [-0.15, -0.1) is 0 Å². The molecule has 0 aliphatic rings. The molecule has 1 aromatic heterocycles. The Morgan fingerprint density at radius 1 is 0.931 bits per heavy atom. The number of benzene rings is 3. The van der Waals surface area contributed by atoms with Gasteiger partial charge in [-0.25, -0.2) is 4.79 Å². The van der Waals surface area contributed by atoms with Gasteiger partial charge in [-0.3, -0.25) is 4.79 Å². The van der Waals surface area contributed by atoms with E-state index in [1.807, 2.05) is 73.7 Å². The first kappa shape index (κ1) is 18.7. The number of rotatable bonds is 4. The number of aryl methyl sites for hydroxylation is 1. The number of hydrogen-bond donors (Lipinski definition) is 0. The van der Waals surface area contributed by atoms with E-state index in [4.69, 9.17) is 4.74 Å². The molecule has 1 heterocycles. The first-order chi connectivity index (χ1) is 14.1. The Morgan fingerprint density at radius 2 is 1.66 bits per heavy atom. The number of fused-ring (bicyclic) bond motifs is 1. The number of ether oxygens (including phenoxy) is 1. The maximum atomic E-state index is 13.0. The Hall–Kier alpha value is -3.66. The number of carbonyl (C=O) groups excluding carboxylic acids is 1. The number of esters is 1. The van der Waals surface area contributed by atoms with Crippen LogP contribution in [0.3, 0.4) is 0 Å². The highest BCUT2D eigenvalue weighted by Gasteiger charge is 2.18. The van der Waals surface area contributed by atoms with E-state index in [1.165, 1.54) is 7.11 Å². The van der Waals surface area contributed by atoms with Gasteiger partial charge in [-0.1, -0.05) is 60.7 Å². The van der Waals surface area contributed by atoms with E-state index in [9.17, 15) is 9.59 Å². The summed E-state index contributed by atoms with van der Waals surface area (Å²) in [6.45, 7) is 2.42. The van der Waals surface area contributed by atoms with Crippen LogP contribution in [0.5, 0.6) is 0 Å². The summed E-state index contributed by atoms with van der Waals surface area (Å²) in [4.78, 5) is 25.4. The van der Waals surface area contributed by atoms with Crippen molar-refractivity contribution in [1.82, 2.24) is 4.57 Å². The molecule has 0 N–H and O–H groups in total. The van der Waals surface area contributed by atoms with Crippen molar-refractivity contribution in [3.8, 4) is 11.1 Å². The summed E-state index contributed by atoms with van der Waals surface area (Å²) in [5, 5.41) is 1.91. The van der Waals surface area contributed by atoms with Gasteiger partial charge >= 0.3 is 5.97 Å². The summed E-state index contributed by atoms with van der Waals surface area (Å²) >= 11 is 0. The van der Waals surface area contributed by atoms with Gasteiger partial charge in [0.25, 0.3) is 5.56 Å². The summed E-state index contributed by atoms with van der Waals surface area (Å²) < 4.78 is 6.73. The van der Waals surface area contributed by atoms with E-state index in [1.54, 1.807) is 16.7 Å². The molecule has 0 saturated carbocycles. The van der Waals surface area contributed by atoms with Gasteiger partial charge in [0, 0.05) is 17.3 Å². The summed E-state index contributed by atoms with van der Waals surface area (Å²) in [7, 11) is 1.37. The van der Waals surface area contributed by atoms with Gasteiger partial charge in [0.15, 0.2) is 0 Å². The lowest BCUT2D eigenvalue weighted by molar-refractivity contribution is 0.0602. The predicted octanol–water partition coefficient (Wildman–Crippen LogP) is 4.81. The van der Waals surface area contributed by atoms with Crippen LogP contribution in [0, 0.1) is 6.92 Å². The molecular weight excluding hydrogens is 362 g/mol. The molecule has 3 aromatic carbocycles. The van der Waals surface area contributed by atoms with Crippen LogP contribution in [-0.4, -0.2) is 17.6 Å². The molecule has 4 heteroatoms. The fraction of sp³-hybridized carbons (Fsp3) is 0.120. The van der Waals surface area contributed by atoms with Crippen molar-refractivity contribution in [2.24, 2.45) is 0 Å². The zero-order valence-corrected chi connectivity index (χ0v) is 16.4. The van der Waals surface area contributed by atoms with Crippen LogP contribution in [0.4, 0.5) is 0 Å². The molecular formula is C25H21NO3. The molecule has 29 heavy (non-hydrogen) atoms. The summed E-state index contributed by atoms with van der Waals surface area (Å²) in [6.07, 6.45) is 0. The summed E-state index contributed by atoms with van der Waals surface area (Å²) in [5.41, 5.74) is 3.68. The highest BCUT2D eigenvalue weighted by atomic mass is 16.5. The van der Waals surface area contributed by atoms with Crippen molar-refractivity contribution in [3.63, 3.8) is 0 Å². The number of hydrogen-bond acceptors (Lipinski definition) is 3. The van der Waals surface area contributed by atoms with Crippen LogP contribution in [0.25, 0.3) is 21.9 Å². The molecule has 0 atom stereocenters. The number of pyridine rings is 1. The zero-order valence-electron chi connectivity index (χ0n) is 16.4. The van der Waals surface area contributed by atoms with Crippen molar-refractivity contribution in [2.75, 3.05) is 7.11 Å². The topological polar surface area (TPSA) is 48.3 Å². The Bertz CT molecular complexity index is 1260. The maximum Gasteiger partial charge on any atom is 0.338 e. The number of nitrogens with zero attached hydrogens (tertiary/aromatic N) is 1. The van der Waals surface area contributed by atoms with E-state index in [0.717, 1.165) is 27.6 Å². The molecule has 0 amide bonds. The van der Waals surface area contributed by atoms with Crippen molar-refractivity contribution in [1.29, 1.82) is 0 Å². The lowest BCUT2D eigenvalue weighted by atomic mass is 9.93. The zero-order chi connectivity index (χ0) is 20.4. The minimum atomic E-state index is -0.420. The minimum absolute atomic E-state index is 0.104. The summed E-state index contributed by atoms with van der Waals surface area (Å²) in [5.74, 6) is -0.420. The van der Waals surface area contributed by atoms with E-state index >= 15 is 0 Å². The molecule has 4 nitrogen and oxygen atoms in total. The maximum absolute atomic E-state index is 13.0. The molecule has 4 rings (SSSR count). The largest absolute Gasteiger partial charge is 0.465 e. The molecule has 0 aliphatic heterocycles. The van der Waals surface area contributed by atoms with E-state index in [0.29, 0.717) is 17.7 Å². The molecule has 144 valence electrons. The third-order valence-electron chi connectivity index (χ3n) is 5.14. The molecule has 0 bridgehead atoms. The van der Waals surface area contributed by atoms with E-state index in [2.05, 4.69) is 0 Å². The fourth-order valence-electron chi connectivity index (χ4n) is 3.70. The van der Waals surface area contributed by atoms with Gasteiger partial charge < -0.3 is 9.30 Å². The summed E-state index contributed by atoms with van der Waals surface area (Å²) in [6, 6.07) is 24.9. The third-order valence-corrected chi connectivity index (χ3v) is 5.14. The lowest BCUT2D eigenvalue weighted by Gasteiger charge is -2.15. The molecule has 0 unspecified atom stereocenters. The minimum Gasteiger partial charge on any atom is -0.465 e. The van der Waals surface area contributed by atoms with Crippen molar-refractivity contribution in [2.45, 2.75) is 13.5 Å². The lowest BCUT2D eigenvalue weighted by Crippen LogP contribution is -2.22. The van der Waals surface area contributed by atoms with Crippen LogP contribution >= 0.6 is 0 Å². The normalized spacial score (nSPS) is 10.8. The van der Waals surface area contributed by atoms with Gasteiger partial charge in [0.2, 0.25) is 0 Å². The molecule has 0 radical (unpaired) electrons. The second-order valence-corrected chi connectivity index (χ2v) is 7.00. The van der Waals surface area contributed by atoms with Crippen LogP contribution in [0.15, 0.2) is 83.7 Å². The van der Waals surface area contributed by atoms with Crippen molar-refractivity contribution in [3.05, 3.63) is 106 Å². The van der Waals surface area contributed by atoms with Gasteiger partial charge in [-0.2, -0.15) is 0 Å². The first-order valence-electron chi connectivity index (χ1n) is 9.44. The monoisotopic (exact) mass is 383 g/mol. The molecule has 0 fully saturated rings. The molecule has 0 aliphatic carbocycles. The number of aromatic nitrogens is 1. The number of methoxy groups -OCH3 is 1. The van der Waals surface area contributed by atoms with Gasteiger partial charge in [0.1, 0.15) is 0 Å². The van der Waals surface area contributed by atoms with E-state index in [-0.39, 0.29) is 5.56 Å². The second kappa shape index (κ2) is 7.76. The average Bonchev–Trinajstić information content (AvgIpc) is 2.75. The highest BCUT2D eigenvalue weighted by molar-refractivity contribution is 6.08. The standard InChI is InChI=1S/C25H21NO3/c1-17-14-20(15-23(27)26(17)16-18-8-4-3-5-9-18)24-21-11-7-6-10-19(21)12-13-22(24)25(28)29-2/h3-15H,16H2,1-2H3. The SMILES string of the molecule is COC(=O)c1ccc2ccccc2c1-c1cc(C)n(Cc2ccccc2)c(=O)c1. The smallest absolute Gasteiger partial charge is 0.338 e. The van der Waals surface area contributed by atoms with Crippen LogP contribution in [0.2, 0.25) is 0 Å². The number of carbonyl (C=O) groups is 1. The predicted molar refractivity (Wildman–Crippen MR) is 115 cm³/mol. The van der Waals surface area contributed by atoms with Crippen LogP contribution in [0.1, 0.15) is 21.6 Å². The Balaban J connectivity index is 1.90. The van der Waals surface area contributed by atoms with Crippen LogP contribution < -0.4 is 5.56 Å². The first-order valence-corrected chi connectivity index (χ1v) is 9.44. The average molecular weight is 383 g/mol. The van der Waals surface area contributed by atoms with E-state index < -0.39 is 5.97 Å². The van der Waals surface area contributed by atoms with Crippen LogP contribution in [-0.2, 0) is 11.3 Å². The quantitative estimate of drug-likeness (QED) is 0.475. The molecule has 0 saturated heterocycles. The Kier molecular flexibility index (Phi) is 5.00. The Labute approximate surface area is 169 Å². The van der Waals surface area contributed by atoms with Crippen molar-refractivity contribution < 1.29 is 9.53 Å². The Morgan fingerprint density at radius 3 is 2.38 bits per heavy atom. The second-order valence-electron chi connectivity index (χ2n) is 7.00. The fourth-order valence-corrected chi connectivity index (χ4v) is 3.70. The highest BCUT2D eigenvalue weighted by Crippen LogP contribution is 2.32. The third kappa shape index (κ3) is 3.57. The molecule has 0 spiro atoms. The van der Waals surface area contributed by atoms with Gasteiger partial charge in [0.05, 0.1) is 19.2 Å².